The Morgan fingerprint density at radius 2 is 2.38 bits per heavy atom. The van der Waals surface area contributed by atoms with Crippen LogP contribution in [-0.2, 0) is 14.2 Å². The minimum Gasteiger partial charge on any atom is -0.376 e. The first-order valence-corrected chi connectivity index (χ1v) is 5.15. The lowest BCUT2D eigenvalue weighted by Gasteiger charge is -2.22. The molecule has 3 unspecified atom stereocenters. The van der Waals surface area contributed by atoms with Crippen LogP contribution in [-0.4, -0.2) is 31.7 Å². The largest absolute Gasteiger partial charge is 0.376 e. The van der Waals surface area contributed by atoms with E-state index in [-0.39, 0.29) is 11.9 Å². The van der Waals surface area contributed by atoms with Crippen molar-refractivity contribution in [3.63, 3.8) is 0 Å². The summed E-state index contributed by atoms with van der Waals surface area (Å²) in [5, 5.41) is 0. The molecule has 1 spiro atoms. The molecule has 0 aliphatic carbocycles. The summed E-state index contributed by atoms with van der Waals surface area (Å²) in [6.07, 6.45) is 2.30. The Hall–Kier alpha value is -0.120. The predicted octanol–water partition coefficient (Wildman–Crippen LogP) is 1.56. The summed E-state index contributed by atoms with van der Waals surface area (Å²) in [6.45, 7) is 6.51. The number of rotatable bonds is 2. The molecule has 2 saturated heterocycles. The highest BCUT2D eigenvalue weighted by Gasteiger charge is 2.45. The smallest absolute Gasteiger partial charge is 0.194 e. The van der Waals surface area contributed by atoms with Gasteiger partial charge in [-0.1, -0.05) is 20.3 Å². The third kappa shape index (κ3) is 1.73. The topological polar surface area (TPSA) is 27.7 Å². The van der Waals surface area contributed by atoms with E-state index >= 15 is 0 Å². The van der Waals surface area contributed by atoms with Gasteiger partial charge in [0.2, 0.25) is 0 Å². The normalized spacial score (nSPS) is 41.5. The highest BCUT2D eigenvalue weighted by atomic mass is 16.8. The lowest BCUT2D eigenvalue weighted by Crippen LogP contribution is -2.32. The van der Waals surface area contributed by atoms with E-state index in [0.717, 1.165) is 26.1 Å². The van der Waals surface area contributed by atoms with Gasteiger partial charge in [0.1, 0.15) is 6.61 Å². The maximum absolute atomic E-state index is 5.92. The molecule has 0 aromatic carbocycles. The number of hydrogen-bond donors (Lipinski definition) is 0. The molecule has 0 amide bonds. The quantitative estimate of drug-likeness (QED) is 0.655. The van der Waals surface area contributed by atoms with E-state index in [2.05, 4.69) is 13.8 Å². The van der Waals surface area contributed by atoms with Gasteiger partial charge in [-0.3, -0.25) is 0 Å². The Morgan fingerprint density at radius 1 is 1.54 bits per heavy atom. The van der Waals surface area contributed by atoms with Crippen molar-refractivity contribution in [2.24, 2.45) is 5.92 Å². The highest BCUT2D eigenvalue weighted by molar-refractivity contribution is 4.84. The van der Waals surface area contributed by atoms with E-state index in [4.69, 9.17) is 14.2 Å². The Morgan fingerprint density at radius 3 is 3.00 bits per heavy atom. The van der Waals surface area contributed by atoms with Gasteiger partial charge in [0.05, 0.1) is 19.3 Å². The molecule has 0 saturated carbocycles. The van der Waals surface area contributed by atoms with Crippen molar-refractivity contribution in [2.45, 2.75) is 38.6 Å². The fourth-order valence-electron chi connectivity index (χ4n) is 1.86. The highest BCUT2D eigenvalue weighted by Crippen LogP contribution is 2.34. The summed E-state index contributed by atoms with van der Waals surface area (Å²) in [6, 6.07) is 0. The number of ether oxygens (including phenoxy) is 3. The molecule has 0 radical (unpaired) electrons. The molecule has 2 aliphatic heterocycles. The van der Waals surface area contributed by atoms with Gasteiger partial charge < -0.3 is 14.2 Å². The Bertz CT molecular complexity index is 175. The van der Waals surface area contributed by atoms with Gasteiger partial charge in [0.15, 0.2) is 5.79 Å². The van der Waals surface area contributed by atoms with Gasteiger partial charge in [-0.2, -0.15) is 0 Å². The lowest BCUT2D eigenvalue weighted by molar-refractivity contribution is -0.169. The van der Waals surface area contributed by atoms with E-state index in [1.165, 1.54) is 0 Å². The average molecular weight is 186 g/mol. The zero-order chi connectivity index (χ0) is 9.31. The van der Waals surface area contributed by atoms with Crippen molar-refractivity contribution in [3.8, 4) is 0 Å². The summed E-state index contributed by atoms with van der Waals surface area (Å²) in [5.74, 6) is 0.202. The fourth-order valence-corrected chi connectivity index (χ4v) is 1.86. The fraction of sp³-hybridized carbons (Fsp3) is 1.00. The average Bonchev–Trinajstić information content (AvgIpc) is 2.76. The maximum Gasteiger partial charge on any atom is 0.194 e. The van der Waals surface area contributed by atoms with E-state index in [0.29, 0.717) is 12.5 Å². The van der Waals surface area contributed by atoms with Crippen LogP contribution >= 0.6 is 0 Å². The third-order valence-electron chi connectivity index (χ3n) is 3.10. The van der Waals surface area contributed by atoms with Crippen LogP contribution in [0.25, 0.3) is 0 Å². The summed E-state index contributed by atoms with van der Waals surface area (Å²) in [7, 11) is 0. The van der Waals surface area contributed by atoms with Crippen molar-refractivity contribution >= 4 is 0 Å². The SMILES string of the molecule is CCC(C)C1COC2(CCOC2)O1. The lowest BCUT2D eigenvalue weighted by atomic mass is 10.0. The van der Waals surface area contributed by atoms with Gasteiger partial charge in [0.25, 0.3) is 0 Å². The van der Waals surface area contributed by atoms with E-state index in [1.807, 2.05) is 0 Å². The molecule has 3 nitrogen and oxygen atoms in total. The zero-order valence-electron chi connectivity index (χ0n) is 8.41. The minimum atomic E-state index is -0.381. The molecule has 3 heteroatoms. The summed E-state index contributed by atoms with van der Waals surface area (Å²) >= 11 is 0. The first-order chi connectivity index (χ1) is 6.26. The molecule has 2 fully saturated rings. The molecule has 2 heterocycles. The standard InChI is InChI=1S/C10H18O3/c1-3-8(2)9-6-12-10(13-9)4-5-11-7-10/h8-9H,3-7H2,1-2H3. The molecule has 76 valence electrons. The van der Waals surface area contributed by atoms with Gasteiger partial charge in [0, 0.05) is 6.42 Å². The molecule has 0 aromatic rings. The first kappa shape index (κ1) is 9.44. The molecular weight excluding hydrogens is 168 g/mol. The molecule has 2 aliphatic rings. The van der Waals surface area contributed by atoms with Gasteiger partial charge in [-0.15, -0.1) is 0 Å². The van der Waals surface area contributed by atoms with Crippen LogP contribution in [0.4, 0.5) is 0 Å². The molecule has 0 aromatic heterocycles. The minimum absolute atomic E-state index is 0.270. The van der Waals surface area contributed by atoms with Gasteiger partial charge in [-0.05, 0) is 5.92 Å². The molecule has 0 bridgehead atoms. The molecule has 13 heavy (non-hydrogen) atoms. The summed E-state index contributed by atoms with van der Waals surface area (Å²) in [5.41, 5.74) is 0. The molecule has 2 rings (SSSR count). The van der Waals surface area contributed by atoms with E-state index in [1.54, 1.807) is 0 Å². The van der Waals surface area contributed by atoms with Crippen LogP contribution in [0.2, 0.25) is 0 Å². The van der Waals surface area contributed by atoms with Crippen LogP contribution in [0.15, 0.2) is 0 Å². The van der Waals surface area contributed by atoms with E-state index in [9.17, 15) is 0 Å². The van der Waals surface area contributed by atoms with Crippen LogP contribution in [0.1, 0.15) is 26.7 Å². The van der Waals surface area contributed by atoms with E-state index < -0.39 is 0 Å². The van der Waals surface area contributed by atoms with Gasteiger partial charge >= 0.3 is 0 Å². The van der Waals surface area contributed by atoms with Crippen molar-refractivity contribution in [3.05, 3.63) is 0 Å². The zero-order valence-corrected chi connectivity index (χ0v) is 8.41. The maximum atomic E-state index is 5.92. The molecule has 0 N–H and O–H groups in total. The Balaban J connectivity index is 1.93. The first-order valence-electron chi connectivity index (χ1n) is 5.15. The Labute approximate surface area is 79.4 Å². The monoisotopic (exact) mass is 186 g/mol. The van der Waals surface area contributed by atoms with Crippen molar-refractivity contribution in [1.29, 1.82) is 0 Å². The van der Waals surface area contributed by atoms with Gasteiger partial charge in [-0.25, -0.2) is 0 Å². The van der Waals surface area contributed by atoms with Crippen LogP contribution < -0.4 is 0 Å². The second-order valence-electron chi connectivity index (χ2n) is 4.07. The predicted molar refractivity (Wildman–Crippen MR) is 48.4 cm³/mol. The van der Waals surface area contributed by atoms with Crippen LogP contribution in [0.5, 0.6) is 0 Å². The second-order valence-corrected chi connectivity index (χ2v) is 4.07. The van der Waals surface area contributed by atoms with Crippen LogP contribution in [0.3, 0.4) is 0 Å². The van der Waals surface area contributed by atoms with Crippen molar-refractivity contribution < 1.29 is 14.2 Å². The van der Waals surface area contributed by atoms with Crippen molar-refractivity contribution in [1.82, 2.24) is 0 Å². The third-order valence-corrected chi connectivity index (χ3v) is 3.10. The summed E-state index contributed by atoms with van der Waals surface area (Å²) < 4.78 is 16.9. The summed E-state index contributed by atoms with van der Waals surface area (Å²) in [4.78, 5) is 0. The van der Waals surface area contributed by atoms with Crippen LogP contribution in [0, 0.1) is 5.92 Å². The van der Waals surface area contributed by atoms with Crippen molar-refractivity contribution in [2.75, 3.05) is 19.8 Å². The number of hydrogen-bond acceptors (Lipinski definition) is 3. The second kappa shape index (κ2) is 3.56. The molecular formula is C10H18O3. The Kier molecular flexibility index (Phi) is 2.58. The molecule has 3 atom stereocenters.